The van der Waals surface area contributed by atoms with Crippen LogP contribution in [0.3, 0.4) is 0 Å². The molecule has 7 heteroatoms. The number of nitrogens with zero attached hydrogens (tertiary/aromatic N) is 3. The third-order valence-corrected chi connectivity index (χ3v) is 3.10. The highest BCUT2D eigenvalue weighted by molar-refractivity contribution is 5.98. The molecule has 1 fully saturated rings. The Labute approximate surface area is 111 Å². The first-order chi connectivity index (χ1) is 9.10. The van der Waals surface area contributed by atoms with Crippen LogP contribution >= 0.6 is 0 Å². The molecule has 0 spiro atoms. The van der Waals surface area contributed by atoms with Crippen molar-refractivity contribution in [2.24, 2.45) is 0 Å². The molecule has 0 atom stereocenters. The van der Waals surface area contributed by atoms with Crippen LogP contribution in [0.4, 0.5) is 10.2 Å². The minimum Gasteiger partial charge on any atom is -0.372 e. The summed E-state index contributed by atoms with van der Waals surface area (Å²) in [4.78, 5) is 18.1. The first kappa shape index (κ1) is 13.7. The number of piperazine rings is 1. The van der Waals surface area contributed by atoms with Gasteiger partial charge in [-0.05, 0) is 13.1 Å². The molecule has 1 aliphatic heterocycles. The Morgan fingerprint density at radius 2 is 2.05 bits per heavy atom. The molecule has 1 saturated heterocycles. The summed E-state index contributed by atoms with van der Waals surface area (Å²) < 4.78 is 13.2. The van der Waals surface area contributed by atoms with Crippen LogP contribution in [-0.4, -0.2) is 61.1 Å². The molecule has 0 saturated carbocycles. The van der Waals surface area contributed by atoms with E-state index in [4.69, 9.17) is 0 Å². The number of aromatic nitrogens is 1. The number of hydrogen-bond donors (Lipinski definition) is 2. The molecule has 0 unspecified atom stereocenters. The third kappa shape index (κ3) is 3.39. The van der Waals surface area contributed by atoms with Gasteiger partial charge in [-0.25, -0.2) is 14.4 Å². The maximum Gasteiger partial charge on any atom is 0.269 e. The summed E-state index contributed by atoms with van der Waals surface area (Å²) in [6.45, 7) is 3.28. The van der Waals surface area contributed by atoms with Crippen molar-refractivity contribution in [3.63, 3.8) is 0 Å². The SMILES string of the molecule is CNc1ncc(F)cc1C(=O)NN1CCN(C)CC1. The van der Waals surface area contributed by atoms with Gasteiger partial charge in [0.15, 0.2) is 0 Å². The molecule has 2 N–H and O–H groups in total. The Morgan fingerprint density at radius 3 is 2.68 bits per heavy atom. The van der Waals surface area contributed by atoms with E-state index in [1.54, 1.807) is 7.05 Å². The van der Waals surface area contributed by atoms with Gasteiger partial charge < -0.3 is 10.2 Å². The summed E-state index contributed by atoms with van der Waals surface area (Å²) in [5, 5.41) is 4.62. The average molecular weight is 267 g/mol. The van der Waals surface area contributed by atoms with Gasteiger partial charge in [0.2, 0.25) is 0 Å². The van der Waals surface area contributed by atoms with Crippen molar-refractivity contribution in [2.45, 2.75) is 0 Å². The Balaban J connectivity index is 2.05. The van der Waals surface area contributed by atoms with Crippen LogP contribution in [0, 0.1) is 5.82 Å². The predicted octanol–water partition coefficient (Wildman–Crippen LogP) is 0.155. The molecule has 1 aliphatic rings. The Morgan fingerprint density at radius 1 is 1.37 bits per heavy atom. The highest BCUT2D eigenvalue weighted by Crippen LogP contribution is 2.13. The van der Waals surface area contributed by atoms with E-state index >= 15 is 0 Å². The lowest BCUT2D eigenvalue weighted by Crippen LogP contribution is -2.52. The smallest absolute Gasteiger partial charge is 0.269 e. The number of hydrogen-bond acceptors (Lipinski definition) is 5. The van der Waals surface area contributed by atoms with Crippen molar-refractivity contribution < 1.29 is 9.18 Å². The number of carbonyl (C=O) groups excluding carboxylic acids is 1. The van der Waals surface area contributed by atoms with E-state index in [9.17, 15) is 9.18 Å². The molecule has 0 aliphatic carbocycles. The lowest BCUT2D eigenvalue weighted by atomic mass is 10.2. The van der Waals surface area contributed by atoms with Gasteiger partial charge in [0, 0.05) is 33.2 Å². The van der Waals surface area contributed by atoms with Gasteiger partial charge in [-0.2, -0.15) is 0 Å². The lowest BCUT2D eigenvalue weighted by molar-refractivity contribution is 0.0662. The largest absolute Gasteiger partial charge is 0.372 e. The van der Waals surface area contributed by atoms with E-state index in [1.165, 1.54) is 6.07 Å². The van der Waals surface area contributed by atoms with Gasteiger partial charge in [0.1, 0.15) is 11.6 Å². The topological polar surface area (TPSA) is 60.5 Å². The van der Waals surface area contributed by atoms with Crippen molar-refractivity contribution in [2.75, 3.05) is 45.6 Å². The summed E-state index contributed by atoms with van der Waals surface area (Å²) in [5.74, 6) is -0.503. The number of anilines is 1. The minimum absolute atomic E-state index is 0.210. The quantitative estimate of drug-likeness (QED) is 0.816. The zero-order valence-electron chi connectivity index (χ0n) is 11.1. The van der Waals surface area contributed by atoms with Gasteiger partial charge in [-0.3, -0.25) is 10.2 Å². The van der Waals surface area contributed by atoms with E-state index < -0.39 is 5.82 Å². The number of rotatable bonds is 3. The number of nitrogens with one attached hydrogen (secondary N) is 2. The molecule has 0 aromatic carbocycles. The summed E-state index contributed by atoms with van der Waals surface area (Å²) in [5.41, 5.74) is 2.99. The lowest BCUT2D eigenvalue weighted by Gasteiger charge is -2.32. The molecule has 1 aromatic heterocycles. The van der Waals surface area contributed by atoms with Gasteiger partial charge in [0.05, 0.1) is 11.8 Å². The van der Waals surface area contributed by atoms with E-state index in [0.29, 0.717) is 5.82 Å². The first-order valence-corrected chi connectivity index (χ1v) is 6.18. The summed E-state index contributed by atoms with van der Waals surface area (Å²) in [6, 6.07) is 1.18. The van der Waals surface area contributed by atoms with Crippen LogP contribution in [0.1, 0.15) is 10.4 Å². The molecule has 1 aromatic rings. The highest BCUT2D eigenvalue weighted by atomic mass is 19.1. The van der Waals surface area contributed by atoms with E-state index in [-0.39, 0.29) is 11.5 Å². The fourth-order valence-corrected chi connectivity index (χ4v) is 1.93. The third-order valence-electron chi connectivity index (χ3n) is 3.10. The van der Waals surface area contributed by atoms with Crippen molar-refractivity contribution in [1.82, 2.24) is 20.3 Å². The molecule has 0 radical (unpaired) electrons. The van der Waals surface area contributed by atoms with Crippen LogP contribution in [0.25, 0.3) is 0 Å². The number of likely N-dealkylation sites (N-methyl/N-ethyl adjacent to an activating group) is 1. The molecule has 6 nitrogen and oxygen atoms in total. The van der Waals surface area contributed by atoms with E-state index in [0.717, 1.165) is 32.4 Å². The van der Waals surface area contributed by atoms with E-state index in [1.807, 2.05) is 12.1 Å². The van der Waals surface area contributed by atoms with Gasteiger partial charge in [-0.1, -0.05) is 0 Å². The second kappa shape index (κ2) is 5.94. The van der Waals surface area contributed by atoms with Crippen LogP contribution in [0.15, 0.2) is 12.3 Å². The molecule has 2 heterocycles. The molecule has 104 valence electrons. The molecular formula is C12H18FN5O. The van der Waals surface area contributed by atoms with Gasteiger partial charge in [0.25, 0.3) is 5.91 Å². The summed E-state index contributed by atoms with van der Waals surface area (Å²) in [7, 11) is 3.68. The maximum atomic E-state index is 13.2. The zero-order valence-corrected chi connectivity index (χ0v) is 11.1. The van der Waals surface area contributed by atoms with Crippen LogP contribution in [0.5, 0.6) is 0 Å². The van der Waals surface area contributed by atoms with Crippen LogP contribution in [0.2, 0.25) is 0 Å². The molecular weight excluding hydrogens is 249 g/mol. The molecule has 0 bridgehead atoms. The van der Waals surface area contributed by atoms with Crippen LogP contribution < -0.4 is 10.7 Å². The molecule has 2 rings (SSSR count). The molecule has 1 amide bonds. The average Bonchev–Trinajstić information content (AvgIpc) is 2.41. The van der Waals surface area contributed by atoms with Crippen molar-refractivity contribution in [3.8, 4) is 0 Å². The predicted molar refractivity (Wildman–Crippen MR) is 70.3 cm³/mol. The first-order valence-electron chi connectivity index (χ1n) is 6.18. The zero-order chi connectivity index (χ0) is 13.8. The minimum atomic E-state index is -0.525. The number of halogens is 1. The second-order valence-electron chi connectivity index (χ2n) is 4.53. The van der Waals surface area contributed by atoms with Crippen molar-refractivity contribution in [1.29, 1.82) is 0 Å². The van der Waals surface area contributed by atoms with E-state index in [2.05, 4.69) is 20.6 Å². The van der Waals surface area contributed by atoms with Crippen molar-refractivity contribution in [3.05, 3.63) is 23.6 Å². The summed E-state index contributed by atoms with van der Waals surface area (Å²) >= 11 is 0. The Hall–Kier alpha value is -1.73. The van der Waals surface area contributed by atoms with Gasteiger partial charge >= 0.3 is 0 Å². The number of pyridine rings is 1. The fraction of sp³-hybridized carbons (Fsp3) is 0.500. The summed E-state index contributed by atoms with van der Waals surface area (Å²) in [6.07, 6.45) is 1.08. The number of carbonyl (C=O) groups is 1. The maximum absolute atomic E-state index is 13.2. The number of amides is 1. The molecule has 19 heavy (non-hydrogen) atoms. The Kier molecular flexibility index (Phi) is 4.28. The highest BCUT2D eigenvalue weighted by Gasteiger charge is 2.19. The number of hydrazine groups is 1. The normalized spacial score (nSPS) is 17.2. The standard InChI is InChI=1S/C12H18FN5O/c1-14-11-10(7-9(13)8-15-11)12(19)16-18-5-3-17(2)4-6-18/h7-8H,3-6H2,1-2H3,(H,14,15)(H,16,19). The Bertz CT molecular complexity index is 459. The van der Waals surface area contributed by atoms with Crippen LogP contribution in [-0.2, 0) is 0 Å². The monoisotopic (exact) mass is 267 g/mol. The second-order valence-corrected chi connectivity index (χ2v) is 4.53. The van der Waals surface area contributed by atoms with Gasteiger partial charge in [-0.15, -0.1) is 0 Å². The van der Waals surface area contributed by atoms with Crippen molar-refractivity contribution >= 4 is 11.7 Å². The fourth-order valence-electron chi connectivity index (χ4n) is 1.93.